The number of amides is 3. The van der Waals surface area contributed by atoms with Crippen LogP contribution in [0, 0.1) is 0 Å². The smallest absolute Gasteiger partial charge is 0.322 e. The lowest BCUT2D eigenvalue weighted by Gasteiger charge is -2.13. The normalized spacial score (nSPS) is 11.1. The Labute approximate surface area is 181 Å². The number of carbonyl (C=O) groups is 2. The molecule has 3 aromatic carbocycles. The van der Waals surface area contributed by atoms with Crippen molar-refractivity contribution in [2.24, 2.45) is 0 Å². The zero-order valence-corrected chi connectivity index (χ0v) is 17.9. The molecule has 0 unspecified atom stereocenters. The summed E-state index contributed by atoms with van der Waals surface area (Å²) in [6.45, 7) is 3.14. The summed E-state index contributed by atoms with van der Waals surface area (Å²) in [5, 5.41) is 7.45. The highest BCUT2D eigenvalue weighted by atomic mass is 32.2. The number of hydrogen-bond acceptors (Lipinski definition) is 4. The van der Waals surface area contributed by atoms with Gasteiger partial charge in [-0.1, -0.05) is 36.4 Å². The third-order valence-corrected chi connectivity index (χ3v) is 6.68. The van der Waals surface area contributed by atoms with E-state index < -0.39 is 27.0 Å². The van der Waals surface area contributed by atoms with Crippen molar-refractivity contribution < 1.29 is 18.0 Å². The third kappa shape index (κ3) is 5.49. The SMILES string of the molecule is CC(C)S(=O)(=O)c1ccccc1C(=O)Nc1cccc(NC(=O)Nc2ccccc2)c1. The number of rotatable bonds is 6. The van der Waals surface area contributed by atoms with Crippen molar-refractivity contribution in [1.82, 2.24) is 0 Å². The van der Waals surface area contributed by atoms with Gasteiger partial charge in [0.25, 0.3) is 5.91 Å². The highest BCUT2D eigenvalue weighted by molar-refractivity contribution is 7.92. The lowest BCUT2D eigenvalue weighted by atomic mass is 10.2. The van der Waals surface area contributed by atoms with Gasteiger partial charge in [0, 0.05) is 17.1 Å². The largest absolute Gasteiger partial charge is 0.323 e. The zero-order valence-electron chi connectivity index (χ0n) is 17.1. The first kappa shape index (κ1) is 22.0. The Morgan fingerprint density at radius 3 is 1.94 bits per heavy atom. The lowest BCUT2D eigenvalue weighted by molar-refractivity contribution is 0.102. The fraction of sp³-hybridized carbons (Fsp3) is 0.130. The van der Waals surface area contributed by atoms with E-state index in [1.165, 1.54) is 12.1 Å². The van der Waals surface area contributed by atoms with Crippen LogP contribution in [0.1, 0.15) is 24.2 Å². The molecule has 0 atom stereocenters. The van der Waals surface area contributed by atoms with Crippen molar-refractivity contribution in [3.05, 3.63) is 84.4 Å². The molecular formula is C23H23N3O4S. The van der Waals surface area contributed by atoms with Gasteiger partial charge in [0.2, 0.25) is 0 Å². The fourth-order valence-corrected chi connectivity index (χ4v) is 4.09. The fourth-order valence-electron chi connectivity index (χ4n) is 2.84. The average molecular weight is 438 g/mol. The van der Waals surface area contributed by atoms with Crippen LogP contribution in [-0.4, -0.2) is 25.6 Å². The zero-order chi connectivity index (χ0) is 22.4. The number of nitrogens with one attached hydrogen (secondary N) is 3. The minimum atomic E-state index is -3.62. The van der Waals surface area contributed by atoms with Gasteiger partial charge < -0.3 is 16.0 Å². The van der Waals surface area contributed by atoms with Gasteiger partial charge in [-0.05, 0) is 56.3 Å². The van der Waals surface area contributed by atoms with E-state index in [2.05, 4.69) is 16.0 Å². The van der Waals surface area contributed by atoms with Gasteiger partial charge in [0.1, 0.15) is 0 Å². The number of urea groups is 1. The maximum atomic E-state index is 12.8. The first-order chi connectivity index (χ1) is 14.8. The highest BCUT2D eigenvalue weighted by Gasteiger charge is 2.25. The van der Waals surface area contributed by atoms with Crippen molar-refractivity contribution in [2.75, 3.05) is 16.0 Å². The summed E-state index contributed by atoms with van der Waals surface area (Å²) in [5.41, 5.74) is 1.59. The Morgan fingerprint density at radius 1 is 0.710 bits per heavy atom. The molecule has 0 aromatic heterocycles. The summed E-state index contributed by atoms with van der Waals surface area (Å²) in [4.78, 5) is 25.0. The molecule has 0 aliphatic rings. The summed E-state index contributed by atoms with van der Waals surface area (Å²) in [6.07, 6.45) is 0. The van der Waals surface area contributed by atoms with E-state index in [4.69, 9.17) is 0 Å². The van der Waals surface area contributed by atoms with Crippen molar-refractivity contribution in [3.8, 4) is 0 Å². The van der Waals surface area contributed by atoms with E-state index in [1.807, 2.05) is 18.2 Å². The molecule has 0 bridgehead atoms. The monoisotopic (exact) mass is 437 g/mol. The second-order valence-corrected chi connectivity index (χ2v) is 9.54. The van der Waals surface area contributed by atoms with Crippen LogP contribution in [0.3, 0.4) is 0 Å². The molecule has 0 saturated heterocycles. The van der Waals surface area contributed by atoms with E-state index in [9.17, 15) is 18.0 Å². The molecular weight excluding hydrogens is 414 g/mol. The van der Waals surface area contributed by atoms with Gasteiger partial charge in [0.15, 0.2) is 9.84 Å². The summed E-state index contributed by atoms with van der Waals surface area (Å²) in [5.74, 6) is -0.550. The predicted octanol–water partition coefficient (Wildman–Crippen LogP) is 4.77. The predicted molar refractivity (Wildman–Crippen MR) is 122 cm³/mol. The minimum Gasteiger partial charge on any atom is -0.322 e. The standard InChI is InChI=1S/C23H23N3O4S/c1-16(2)31(29,30)21-14-7-6-13-20(21)22(27)24-18-11-8-12-19(15-18)26-23(28)25-17-9-4-3-5-10-17/h3-16H,1-2H3,(H,24,27)(H2,25,26,28). The average Bonchev–Trinajstić information content (AvgIpc) is 2.74. The lowest BCUT2D eigenvalue weighted by Crippen LogP contribution is -2.21. The van der Waals surface area contributed by atoms with Crippen LogP contribution < -0.4 is 16.0 Å². The molecule has 160 valence electrons. The molecule has 3 rings (SSSR count). The van der Waals surface area contributed by atoms with E-state index in [0.29, 0.717) is 17.1 Å². The van der Waals surface area contributed by atoms with Gasteiger partial charge in [-0.15, -0.1) is 0 Å². The van der Waals surface area contributed by atoms with Gasteiger partial charge in [-0.3, -0.25) is 4.79 Å². The maximum Gasteiger partial charge on any atom is 0.323 e. The van der Waals surface area contributed by atoms with Gasteiger partial charge >= 0.3 is 6.03 Å². The topological polar surface area (TPSA) is 104 Å². The Morgan fingerprint density at radius 2 is 1.26 bits per heavy atom. The molecule has 0 radical (unpaired) electrons. The molecule has 8 heteroatoms. The first-order valence-corrected chi connectivity index (χ1v) is 11.2. The quantitative estimate of drug-likeness (QED) is 0.517. The van der Waals surface area contributed by atoms with Crippen molar-refractivity contribution in [2.45, 2.75) is 24.0 Å². The molecule has 3 amide bonds. The number of carbonyl (C=O) groups excluding carboxylic acids is 2. The molecule has 3 N–H and O–H groups in total. The molecule has 0 fully saturated rings. The van der Waals surface area contributed by atoms with Crippen LogP contribution in [0.2, 0.25) is 0 Å². The van der Waals surface area contributed by atoms with Crippen molar-refractivity contribution in [1.29, 1.82) is 0 Å². The molecule has 0 heterocycles. The number of benzene rings is 3. The molecule has 0 aliphatic carbocycles. The maximum absolute atomic E-state index is 12.8. The third-order valence-electron chi connectivity index (χ3n) is 4.47. The molecule has 0 saturated carbocycles. The van der Waals surface area contributed by atoms with Crippen LogP contribution >= 0.6 is 0 Å². The van der Waals surface area contributed by atoms with Crippen LogP contribution in [0.15, 0.2) is 83.8 Å². The summed E-state index contributed by atoms with van der Waals surface area (Å²) < 4.78 is 25.2. The number of para-hydroxylation sites is 1. The first-order valence-electron chi connectivity index (χ1n) is 9.65. The second-order valence-electron chi connectivity index (χ2n) is 7.07. The number of sulfone groups is 1. The summed E-state index contributed by atoms with van der Waals surface area (Å²) in [6, 6.07) is 21.2. The van der Waals surface area contributed by atoms with Crippen molar-refractivity contribution in [3.63, 3.8) is 0 Å². The van der Waals surface area contributed by atoms with Crippen LogP contribution in [0.5, 0.6) is 0 Å². The molecule has 31 heavy (non-hydrogen) atoms. The summed E-state index contributed by atoms with van der Waals surface area (Å²) >= 11 is 0. The van der Waals surface area contributed by atoms with E-state index in [1.54, 1.807) is 62.4 Å². The van der Waals surface area contributed by atoms with Crippen LogP contribution in [-0.2, 0) is 9.84 Å². The van der Waals surface area contributed by atoms with Crippen molar-refractivity contribution >= 4 is 38.8 Å². The van der Waals surface area contributed by atoms with Gasteiger partial charge in [-0.2, -0.15) is 0 Å². The summed E-state index contributed by atoms with van der Waals surface area (Å²) in [7, 11) is -3.62. The molecule has 3 aromatic rings. The Balaban J connectivity index is 1.75. The Bertz CT molecular complexity index is 1190. The molecule has 0 spiro atoms. The van der Waals surface area contributed by atoms with E-state index in [0.717, 1.165) is 0 Å². The number of hydrogen-bond donors (Lipinski definition) is 3. The minimum absolute atomic E-state index is 0.0148. The number of anilines is 3. The van der Waals surface area contributed by atoms with Gasteiger partial charge in [-0.25, -0.2) is 13.2 Å². The molecule has 0 aliphatic heterocycles. The van der Waals surface area contributed by atoms with E-state index in [-0.39, 0.29) is 10.5 Å². The Hall–Kier alpha value is -3.65. The van der Waals surface area contributed by atoms with Crippen LogP contribution in [0.25, 0.3) is 0 Å². The second kappa shape index (κ2) is 9.44. The highest BCUT2D eigenvalue weighted by Crippen LogP contribution is 2.23. The van der Waals surface area contributed by atoms with Gasteiger partial charge in [0.05, 0.1) is 15.7 Å². The van der Waals surface area contributed by atoms with Crippen LogP contribution in [0.4, 0.5) is 21.9 Å². The Kier molecular flexibility index (Phi) is 6.71. The van der Waals surface area contributed by atoms with E-state index >= 15 is 0 Å². The molecule has 7 nitrogen and oxygen atoms in total.